The first kappa shape index (κ1) is 27.1. The zero-order chi connectivity index (χ0) is 20.7. The third-order valence-corrected chi connectivity index (χ3v) is 5.62. The van der Waals surface area contributed by atoms with Gasteiger partial charge in [-0.2, -0.15) is 0 Å². The maximum Gasteiger partial charge on any atom is 0.305 e. The molecule has 0 aliphatic heterocycles. The summed E-state index contributed by atoms with van der Waals surface area (Å²) in [6.07, 6.45) is 24.7. The maximum absolute atomic E-state index is 11.9. The quantitative estimate of drug-likeness (QED) is 0.138. The smallest absolute Gasteiger partial charge is 0.305 e. The van der Waals surface area contributed by atoms with Crippen LogP contribution in [-0.2, 0) is 14.3 Å². The van der Waals surface area contributed by atoms with Crippen molar-refractivity contribution in [3.05, 3.63) is 0 Å². The molecule has 0 heterocycles. The first-order valence-corrected chi connectivity index (χ1v) is 12.3. The van der Waals surface area contributed by atoms with Gasteiger partial charge >= 0.3 is 5.97 Å². The summed E-state index contributed by atoms with van der Waals surface area (Å²) in [5.41, 5.74) is 0. The third kappa shape index (κ3) is 21.4. The Morgan fingerprint density at radius 1 is 0.500 bits per heavy atom. The molecule has 0 rings (SSSR count). The Kier molecular flexibility index (Phi) is 21.7. The van der Waals surface area contributed by atoms with Crippen LogP contribution in [-0.4, -0.2) is 18.9 Å². The molecule has 0 aromatic heterocycles. The number of methoxy groups -OCH3 is 1. The predicted octanol–water partition coefficient (Wildman–Crippen LogP) is 7.94. The molecule has 0 radical (unpaired) electrons. The number of ether oxygens (including phenoxy) is 1. The Balaban J connectivity index is 3.17. The normalized spacial score (nSPS) is 10.9. The molecule has 28 heavy (non-hydrogen) atoms. The Labute approximate surface area is 175 Å². The van der Waals surface area contributed by atoms with Crippen LogP contribution < -0.4 is 0 Å². The number of ketones is 1. The summed E-state index contributed by atoms with van der Waals surface area (Å²) in [5, 5.41) is 0. The zero-order valence-corrected chi connectivity index (χ0v) is 19.1. The van der Waals surface area contributed by atoms with Crippen molar-refractivity contribution in [3.63, 3.8) is 0 Å². The average molecular weight is 397 g/mol. The average Bonchev–Trinajstić information content (AvgIpc) is 2.70. The third-order valence-electron chi connectivity index (χ3n) is 5.62. The second-order valence-electron chi connectivity index (χ2n) is 8.38. The van der Waals surface area contributed by atoms with E-state index in [9.17, 15) is 9.59 Å². The van der Waals surface area contributed by atoms with Gasteiger partial charge in [0.05, 0.1) is 7.11 Å². The molecule has 3 heteroatoms. The fourth-order valence-electron chi connectivity index (χ4n) is 3.69. The minimum absolute atomic E-state index is 0.0868. The van der Waals surface area contributed by atoms with Gasteiger partial charge in [-0.3, -0.25) is 9.59 Å². The van der Waals surface area contributed by atoms with Gasteiger partial charge in [0.15, 0.2) is 0 Å². The Morgan fingerprint density at radius 2 is 0.821 bits per heavy atom. The van der Waals surface area contributed by atoms with Gasteiger partial charge in [0.1, 0.15) is 5.78 Å². The van der Waals surface area contributed by atoms with Gasteiger partial charge in [-0.05, 0) is 19.3 Å². The molecule has 0 atom stereocenters. The number of esters is 1. The fraction of sp³-hybridized carbons (Fsp3) is 0.920. The van der Waals surface area contributed by atoms with E-state index in [1.54, 1.807) is 0 Å². The summed E-state index contributed by atoms with van der Waals surface area (Å²) in [4.78, 5) is 22.9. The van der Waals surface area contributed by atoms with E-state index in [1.807, 2.05) is 0 Å². The zero-order valence-electron chi connectivity index (χ0n) is 19.1. The van der Waals surface area contributed by atoms with Gasteiger partial charge in [0.25, 0.3) is 0 Å². The minimum Gasteiger partial charge on any atom is -0.469 e. The summed E-state index contributed by atoms with van der Waals surface area (Å²) in [7, 11) is 1.45. The minimum atomic E-state index is -0.0868. The van der Waals surface area contributed by atoms with Gasteiger partial charge < -0.3 is 4.74 Å². The molecule has 0 amide bonds. The van der Waals surface area contributed by atoms with Crippen molar-refractivity contribution in [1.82, 2.24) is 0 Å². The van der Waals surface area contributed by atoms with Crippen LogP contribution in [0.15, 0.2) is 0 Å². The summed E-state index contributed by atoms with van der Waals surface area (Å²) in [6.45, 7) is 2.26. The van der Waals surface area contributed by atoms with Crippen LogP contribution in [0.5, 0.6) is 0 Å². The highest BCUT2D eigenvalue weighted by molar-refractivity contribution is 5.78. The van der Waals surface area contributed by atoms with E-state index in [4.69, 9.17) is 0 Å². The molecule has 0 fully saturated rings. The highest BCUT2D eigenvalue weighted by Gasteiger charge is 2.02. The second-order valence-corrected chi connectivity index (χ2v) is 8.38. The van der Waals surface area contributed by atoms with Crippen LogP contribution in [0.2, 0.25) is 0 Å². The van der Waals surface area contributed by atoms with Crippen molar-refractivity contribution in [2.45, 2.75) is 142 Å². The molecule has 0 aromatic rings. The van der Waals surface area contributed by atoms with Crippen LogP contribution in [0.3, 0.4) is 0 Å². The highest BCUT2D eigenvalue weighted by Crippen LogP contribution is 2.14. The van der Waals surface area contributed by atoms with Crippen molar-refractivity contribution in [1.29, 1.82) is 0 Å². The first-order chi connectivity index (χ1) is 13.7. The van der Waals surface area contributed by atoms with E-state index in [-0.39, 0.29) is 5.97 Å². The lowest BCUT2D eigenvalue weighted by atomic mass is 10.0. The predicted molar refractivity (Wildman–Crippen MR) is 120 cm³/mol. The van der Waals surface area contributed by atoms with E-state index in [0.29, 0.717) is 12.2 Å². The molecule has 0 spiro atoms. The molecule has 0 N–H and O–H groups in total. The summed E-state index contributed by atoms with van der Waals surface area (Å²) in [5.74, 6) is 0.397. The summed E-state index contributed by atoms with van der Waals surface area (Å²) >= 11 is 0. The summed E-state index contributed by atoms with van der Waals surface area (Å²) < 4.78 is 4.64. The number of hydrogen-bond acceptors (Lipinski definition) is 3. The monoisotopic (exact) mass is 396 g/mol. The van der Waals surface area contributed by atoms with Crippen molar-refractivity contribution in [2.75, 3.05) is 7.11 Å². The van der Waals surface area contributed by atoms with Crippen molar-refractivity contribution in [2.24, 2.45) is 0 Å². The molecule has 0 saturated heterocycles. The van der Waals surface area contributed by atoms with Gasteiger partial charge in [0.2, 0.25) is 0 Å². The number of Topliss-reactive ketones (excluding diaryl/α,β-unsaturated/α-hetero) is 1. The number of carbonyl (C=O) groups is 2. The number of hydrogen-bond donors (Lipinski definition) is 0. The van der Waals surface area contributed by atoms with Gasteiger partial charge in [0, 0.05) is 19.3 Å². The highest BCUT2D eigenvalue weighted by atomic mass is 16.5. The SMILES string of the molecule is CCCCCCCCCCC(=O)CCCCCCCCCCCCC(=O)OC. The number of unbranched alkanes of at least 4 members (excludes halogenated alkanes) is 16. The molecule has 0 aliphatic rings. The lowest BCUT2D eigenvalue weighted by Gasteiger charge is -2.04. The maximum atomic E-state index is 11.9. The van der Waals surface area contributed by atoms with Crippen LogP contribution >= 0.6 is 0 Å². The van der Waals surface area contributed by atoms with Crippen LogP contribution in [0, 0.1) is 0 Å². The van der Waals surface area contributed by atoms with E-state index in [2.05, 4.69) is 11.7 Å². The largest absolute Gasteiger partial charge is 0.469 e. The lowest BCUT2D eigenvalue weighted by molar-refractivity contribution is -0.140. The standard InChI is InChI=1S/C25H48O3/c1-3-4-5-6-7-12-15-18-21-24(26)22-19-16-13-10-8-9-11-14-17-20-23-25(27)28-2/h3-23H2,1-2H3. The molecule has 0 bridgehead atoms. The molecule has 0 saturated carbocycles. The molecule has 0 aliphatic carbocycles. The van der Waals surface area contributed by atoms with Crippen molar-refractivity contribution < 1.29 is 14.3 Å². The molecule has 0 unspecified atom stereocenters. The number of carbonyl (C=O) groups excluding carboxylic acids is 2. The van der Waals surface area contributed by atoms with E-state index in [0.717, 1.165) is 38.5 Å². The van der Waals surface area contributed by atoms with Gasteiger partial charge in [-0.25, -0.2) is 0 Å². The van der Waals surface area contributed by atoms with Crippen LogP contribution in [0.4, 0.5) is 0 Å². The topological polar surface area (TPSA) is 43.4 Å². The van der Waals surface area contributed by atoms with Gasteiger partial charge in [-0.15, -0.1) is 0 Å². The first-order valence-electron chi connectivity index (χ1n) is 12.3. The Morgan fingerprint density at radius 3 is 1.18 bits per heavy atom. The van der Waals surface area contributed by atoms with Crippen LogP contribution in [0.1, 0.15) is 142 Å². The molecule has 166 valence electrons. The lowest BCUT2D eigenvalue weighted by Crippen LogP contribution is -1.99. The van der Waals surface area contributed by atoms with Crippen molar-refractivity contribution >= 4 is 11.8 Å². The fourth-order valence-corrected chi connectivity index (χ4v) is 3.69. The Bertz CT molecular complexity index is 352. The molecule has 3 nitrogen and oxygen atoms in total. The molecular weight excluding hydrogens is 348 g/mol. The second kappa shape index (κ2) is 22.4. The van der Waals surface area contributed by atoms with Crippen molar-refractivity contribution in [3.8, 4) is 0 Å². The number of rotatable bonds is 22. The van der Waals surface area contributed by atoms with Gasteiger partial charge in [-0.1, -0.05) is 103 Å². The molecule has 0 aromatic carbocycles. The van der Waals surface area contributed by atoms with E-state index >= 15 is 0 Å². The molecular formula is C25H48O3. The Hall–Kier alpha value is -0.860. The summed E-state index contributed by atoms with van der Waals surface area (Å²) in [6, 6.07) is 0. The van der Waals surface area contributed by atoms with E-state index < -0.39 is 0 Å². The van der Waals surface area contributed by atoms with E-state index in [1.165, 1.54) is 97.0 Å². The van der Waals surface area contributed by atoms with Crippen LogP contribution in [0.25, 0.3) is 0 Å².